The molecule has 0 radical (unpaired) electrons. The van der Waals surface area contributed by atoms with Crippen LogP contribution < -0.4 is 10.6 Å². The van der Waals surface area contributed by atoms with E-state index in [1.807, 2.05) is 32.9 Å². The van der Waals surface area contributed by atoms with Crippen LogP contribution in [0.15, 0.2) is 12.1 Å². The minimum absolute atomic E-state index is 0.00940. The largest absolute Gasteiger partial charge is 0.350 e. The van der Waals surface area contributed by atoms with E-state index in [2.05, 4.69) is 10.6 Å². The Morgan fingerprint density at radius 3 is 2.62 bits per heavy atom. The van der Waals surface area contributed by atoms with Gasteiger partial charge in [-0.05, 0) is 32.9 Å². The van der Waals surface area contributed by atoms with Crippen LogP contribution in [0, 0.1) is 0 Å². The highest BCUT2D eigenvalue weighted by atomic mass is 35.5. The molecule has 0 saturated carbocycles. The zero-order valence-corrected chi connectivity index (χ0v) is 11.3. The van der Waals surface area contributed by atoms with E-state index in [-0.39, 0.29) is 11.4 Å². The van der Waals surface area contributed by atoms with Crippen LogP contribution in [0.1, 0.15) is 25.6 Å². The van der Waals surface area contributed by atoms with Crippen LogP contribution in [0.4, 0.5) is 0 Å². The average molecular weight is 261 g/mol. The summed E-state index contributed by atoms with van der Waals surface area (Å²) in [5, 5.41) is 5.96. The summed E-state index contributed by atoms with van der Waals surface area (Å²) < 4.78 is 0.774. The van der Waals surface area contributed by atoms with Gasteiger partial charge in [0.25, 0.3) is 0 Å². The normalized spacial score (nSPS) is 11.5. The number of nitrogens with one attached hydrogen (secondary N) is 2. The molecule has 2 N–H and O–H groups in total. The predicted octanol–water partition coefficient (Wildman–Crippen LogP) is 2.41. The second-order valence-corrected chi connectivity index (χ2v) is 6.41. The first-order valence-electron chi connectivity index (χ1n) is 5.13. The van der Waals surface area contributed by atoms with E-state index in [0.717, 1.165) is 9.21 Å². The molecule has 1 amide bonds. The van der Waals surface area contributed by atoms with E-state index >= 15 is 0 Å². The lowest BCUT2D eigenvalue weighted by atomic mass is 10.1. The van der Waals surface area contributed by atoms with Crippen molar-refractivity contribution in [2.24, 2.45) is 0 Å². The lowest BCUT2D eigenvalue weighted by Gasteiger charge is -2.20. The summed E-state index contributed by atoms with van der Waals surface area (Å²) in [4.78, 5) is 12.6. The SMILES string of the molecule is CC(C)(C)NC(=O)CNCc1ccc(Cl)s1. The van der Waals surface area contributed by atoms with Crippen LogP contribution in [0.5, 0.6) is 0 Å². The fraction of sp³-hybridized carbons (Fsp3) is 0.545. The number of thiophene rings is 1. The minimum atomic E-state index is -0.176. The molecule has 16 heavy (non-hydrogen) atoms. The summed E-state index contributed by atoms with van der Waals surface area (Å²) in [6.45, 7) is 6.89. The van der Waals surface area contributed by atoms with E-state index < -0.39 is 0 Å². The van der Waals surface area contributed by atoms with Gasteiger partial charge in [-0.25, -0.2) is 0 Å². The summed E-state index contributed by atoms with van der Waals surface area (Å²) >= 11 is 7.32. The highest BCUT2D eigenvalue weighted by molar-refractivity contribution is 7.16. The molecular weight excluding hydrogens is 244 g/mol. The van der Waals surface area contributed by atoms with E-state index in [1.165, 1.54) is 11.3 Å². The highest BCUT2D eigenvalue weighted by Crippen LogP contribution is 2.20. The summed E-state index contributed by atoms with van der Waals surface area (Å²) in [6.07, 6.45) is 0. The van der Waals surface area contributed by atoms with Crippen LogP contribution >= 0.6 is 22.9 Å². The molecule has 0 unspecified atom stereocenters. The van der Waals surface area contributed by atoms with E-state index in [1.54, 1.807) is 0 Å². The van der Waals surface area contributed by atoms with Crippen molar-refractivity contribution in [1.82, 2.24) is 10.6 Å². The van der Waals surface area contributed by atoms with Crippen molar-refractivity contribution in [3.8, 4) is 0 Å². The lowest BCUT2D eigenvalue weighted by molar-refractivity contribution is -0.121. The Balaban J connectivity index is 2.23. The number of carbonyl (C=O) groups is 1. The first-order valence-corrected chi connectivity index (χ1v) is 6.32. The molecule has 90 valence electrons. The van der Waals surface area contributed by atoms with Crippen molar-refractivity contribution < 1.29 is 4.79 Å². The molecular formula is C11H17ClN2OS. The number of halogens is 1. The molecule has 0 saturated heterocycles. The van der Waals surface area contributed by atoms with Crippen molar-refractivity contribution in [3.05, 3.63) is 21.3 Å². The second kappa shape index (κ2) is 5.66. The topological polar surface area (TPSA) is 41.1 Å². The molecule has 0 bridgehead atoms. The van der Waals surface area contributed by atoms with Gasteiger partial charge in [-0.3, -0.25) is 4.79 Å². The third-order valence-electron chi connectivity index (χ3n) is 1.73. The maximum atomic E-state index is 11.5. The number of hydrogen-bond donors (Lipinski definition) is 2. The number of rotatable bonds is 4. The first kappa shape index (κ1) is 13.5. The Morgan fingerprint density at radius 1 is 1.44 bits per heavy atom. The van der Waals surface area contributed by atoms with Gasteiger partial charge >= 0.3 is 0 Å². The van der Waals surface area contributed by atoms with Gasteiger partial charge in [-0.15, -0.1) is 11.3 Å². The average Bonchev–Trinajstić information content (AvgIpc) is 2.48. The molecule has 0 fully saturated rings. The summed E-state index contributed by atoms with van der Waals surface area (Å²) in [5.41, 5.74) is -0.176. The second-order valence-electron chi connectivity index (χ2n) is 4.61. The van der Waals surface area contributed by atoms with Crippen LogP contribution in [0.2, 0.25) is 4.34 Å². The van der Waals surface area contributed by atoms with Crippen molar-refractivity contribution in [2.45, 2.75) is 32.9 Å². The van der Waals surface area contributed by atoms with E-state index in [4.69, 9.17) is 11.6 Å². The van der Waals surface area contributed by atoms with Crippen LogP contribution in [0.3, 0.4) is 0 Å². The van der Waals surface area contributed by atoms with Gasteiger partial charge in [-0.1, -0.05) is 11.6 Å². The predicted molar refractivity (Wildman–Crippen MR) is 68.9 cm³/mol. The van der Waals surface area contributed by atoms with Gasteiger partial charge < -0.3 is 10.6 Å². The summed E-state index contributed by atoms with van der Waals surface area (Å²) in [6, 6.07) is 3.82. The Labute approximate surface area is 105 Å². The van der Waals surface area contributed by atoms with Gasteiger partial charge in [-0.2, -0.15) is 0 Å². The molecule has 1 aromatic heterocycles. The van der Waals surface area contributed by atoms with Gasteiger partial charge in [0.15, 0.2) is 0 Å². The summed E-state index contributed by atoms with van der Waals surface area (Å²) in [7, 11) is 0. The van der Waals surface area contributed by atoms with Crippen molar-refractivity contribution in [1.29, 1.82) is 0 Å². The third-order valence-corrected chi connectivity index (χ3v) is 2.96. The first-order chi connectivity index (χ1) is 7.37. The molecule has 0 aliphatic carbocycles. The number of carbonyl (C=O) groups excluding carboxylic acids is 1. The maximum Gasteiger partial charge on any atom is 0.234 e. The molecule has 3 nitrogen and oxygen atoms in total. The van der Waals surface area contributed by atoms with Crippen molar-refractivity contribution in [3.63, 3.8) is 0 Å². The molecule has 0 atom stereocenters. The smallest absolute Gasteiger partial charge is 0.234 e. The van der Waals surface area contributed by atoms with Gasteiger partial charge in [0.1, 0.15) is 0 Å². The molecule has 1 aromatic rings. The Kier molecular flexibility index (Phi) is 4.77. The van der Waals surface area contributed by atoms with Gasteiger partial charge in [0, 0.05) is 17.0 Å². The van der Waals surface area contributed by atoms with Crippen LogP contribution in [0.25, 0.3) is 0 Å². The molecule has 0 aromatic carbocycles. The highest BCUT2D eigenvalue weighted by Gasteiger charge is 2.12. The van der Waals surface area contributed by atoms with Crippen LogP contribution in [-0.2, 0) is 11.3 Å². The standard InChI is InChI=1S/C11H17ClN2OS/c1-11(2,3)14-10(15)7-13-6-8-4-5-9(12)16-8/h4-5,13H,6-7H2,1-3H3,(H,14,15). The van der Waals surface area contributed by atoms with Crippen molar-refractivity contribution >= 4 is 28.8 Å². The Morgan fingerprint density at radius 2 is 2.12 bits per heavy atom. The fourth-order valence-electron chi connectivity index (χ4n) is 1.21. The zero-order valence-electron chi connectivity index (χ0n) is 9.76. The zero-order chi connectivity index (χ0) is 12.2. The van der Waals surface area contributed by atoms with Gasteiger partial charge in [0.2, 0.25) is 5.91 Å². The monoisotopic (exact) mass is 260 g/mol. The van der Waals surface area contributed by atoms with E-state index in [9.17, 15) is 4.79 Å². The molecule has 0 aliphatic rings. The van der Waals surface area contributed by atoms with E-state index in [0.29, 0.717) is 13.1 Å². The summed E-state index contributed by atoms with van der Waals surface area (Å²) in [5.74, 6) is 0.00940. The van der Waals surface area contributed by atoms with Crippen LogP contribution in [-0.4, -0.2) is 18.0 Å². The Bertz CT molecular complexity index is 357. The number of amides is 1. The third kappa shape index (κ3) is 5.49. The fourth-order valence-corrected chi connectivity index (χ4v) is 2.27. The quantitative estimate of drug-likeness (QED) is 0.873. The molecule has 0 spiro atoms. The molecule has 0 aliphatic heterocycles. The maximum absolute atomic E-state index is 11.5. The minimum Gasteiger partial charge on any atom is -0.350 e. The van der Waals surface area contributed by atoms with Gasteiger partial charge in [0.05, 0.1) is 10.9 Å². The van der Waals surface area contributed by atoms with Crippen molar-refractivity contribution in [2.75, 3.05) is 6.54 Å². The lowest BCUT2D eigenvalue weighted by Crippen LogP contribution is -2.44. The molecule has 1 rings (SSSR count). The number of hydrogen-bond acceptors (Lipinski definition) is 3. The molecule has 5 heteroatoms. The Hall–Kier alpha value is -0.580. The molecule has 1 heterocycles.